The van der Waals surface area contributed by atoms with Crippen molar-refractivity contribution in [2.24, 2.45) is 11.3 Å². The molecule has 1 rings (SSSR count). The maximum Gasteiger partial charge on any atom is 0.310 e. The number of carbonyl (C=O) groups excluding carboxylic acids is 2. The first kappa shape index (κ1) is 15.4. The summed E-state index contributed by atoms with van der Waals surface area (Å²) in [5.41, 5.74) is -0.868. The highest BCUT2D eigenvalue weighted by molar-refractivity contribution is 5.94. The van der Waals surface area contributed by atoms with E-state index in [1.165, 1.54) is 0 Å². The lowest BCUT2D eigenvalue weighted by Crippen LogP contribution is -2.37. The minimum Gasteiger partial charge on any atom is -0.466 e. The second-order valence-corrected chi connectivity index (χ2v) is 4.84. The third-order valence-electron chi connectivity index (χ3n) is 3.73. The minimum atomic E-state index is -0.868. The summed E-state index contributed by atoms with van der Waals surface area (Å²) in [6, 6.07) is 2.07. The number of carbonyl (C=O) groups is 2. The molecule has 1 saturated carbocycles. The lowest BCUT2D eigenvalue weighted by Gasteiger charge is -2.29. The van der Waals surface area contributed by atoms with Gasteiger partial charge in [-0.25, -0.2) is 0 Å². The third kappa shape index (κ3) is 3.23. The summed E-state index contributed by atoms with van der Waals surface area (Å²) < 4.78 is 5.06. The fourth-order valence-electron chi connectivity index (χ4n) is 2.73. The van der Waals surface area contributed by atoms with E-state index >= 15 is 0 Å². The lowest BCUT2D eigenvalue weighted by atomic mass is 9.72. The van der Waals surface area contributed by atoms with Gasteiger partial charge >= 0.3 is 5.97 Å². The quantitative estimate of drug-likeness (QED) is 0.546. The number of ether oxygens (including phenoxy) is 1. The van der Waals surface area contributed by atoms with Crippen LogP contribution in [0.1, 0.15) is 46.0 Å². The highest BCUT2D eigenvalue weighted by Gasteiger charge is 2.52. The summed E-state index contributed by atoms with van der Waals surface area (Å²) in [4.78, 5) is 24.2. The first-order valence-corrected chi connectivity index (χ1v) is 6.84. The second kappa shape index (κ2) is 7.08. The van der Waals surface area contributed by atoms with Gasteiger partial charge in [0.25, 0.3) is 0 Å². The third-order valence-corrected chi connectivity index (χ3v) is 3.73. The molecule has 2 unspecified atom stereocenters. The van der Waals surface area contributed by atoms with E-state index in [0.717, 1.165) is 6.42 Å². The standard InChI is InChI=1S/C15H21NO3/c1-3-5-6-9-15(10-11-16)12(7-8-13(15)17)14(18)19-4-2/h5-6,12H,3-4,7-10H2,1-2H3. The Hall–Kier alpha value is -1.63. The second-order valence-electron chi connectivity index (χ2n) is 4.84. The average molecular weight is 263 g/mol. The van der Waals surface area contributed by atoms with Gasteiger partial charge < -0.3 is 4.74 Å². The van der Waals surface area contributed by atoms with Crippen molar-refractivity contribution in [2.45, 2.75) is 46.0 Å². The molecule has 0 heterocycles. The van der Waals surface area contributed by atoms with E-state index in [4.69, 9.17) is 10.00 Å². The lowest BCUT2D eigenvalue weighted by molar-refractivity contribution is -0.153. The number of rotatable bonds is 6. The zero-order chi connectivity index (χ0) is 14.3. The SMILES string of the molecule is CCC=CCC1(CC#N)C(=O)CCC1C(=O)OCC. The molecule has 0 bridgehead atoms. The van der Waals surface area contributed by atoms with Gasteiger partial charge in [0.05, 0.1) is 24.0 Å². The summed E-state index contributed by atoms with van der Waals surface area (Å²) in [6.45, 7) is 4.06. The van der Waals surface area contributed by atoms with Crippen LogP contribution < -0.4 is 0 Å². The van der Waals surface area contributed by atoms with E-state index in [9.17, 15) is 9.59 Å². The van der Waals surface area contributed by atoms with Crippen molar-refractivity contribution in [3.05, 3.63) is 12.2 Å². The van der Waals surface area contributed by atoms with Crippen LogP contribution in [0, 0.1) is 22.7 Å². The molecule has 0 aromatic heterocycles. The van der Waals surface area contributed by atoms with Gasteiger partial charge in [0.15, 0.2) is 0 Å². The Labute approximate surface area is 114 Å². The molecule has 1 aliphatic carbocycles. The summed E-state index contributed by atoms with van der Waals surface area (Å²) in [5, 5.41) is 9.02. The van der Waals surface area contributed by atoms with Crippen molar-refractivity contribution in [1.82, 2.24) is 0 Å². The Morgan fingerprint density at radius 1 is 1.53 bits per heavy atom. The summed E-state index contributed by atoms with van der Waals surface area (Å²) in [6.07, 6.45) is 6.16. The van der Waals surface area contributed by atoms with Crippen molar-refractivity contribution >= 4 is 11.8 Å². The van der Waals surface area contributed by atoms with Crippen LogP contribution in [0.15, 0.2) is 12.2 Å². The Morgan fingerprint density at radius 2 is 2.26 bits per heavy atom. The van der Waals surface area contributed by atoms with Crippen LogP contribution in [0.4, 0.5) is 0 Å². The van der Waals surface area contributed by atoms with Crippen LogP contribution >= 0.6 is 0 Å². The molecule has 1 fully saturated rings. The number of esters is 1. The molecule has 4 nitrogen and oxygen atoms in total. The van der Waals surface area contributed by atoms with Crippen molar-refractivity contribution in [1.29, 1.82) is 5.26 Å². The number of Topliss-reactive ketones (excluding diaryl/α,β-unsaturated/α-hetero) is 1. The first-order valence-electron chi connectivity index (χ1n) is 6.84. The molecule has 0 N–H and O–H groups in total. The topological polar surface area (TPSA) is 67.2 Å². The Bertz CT molecular complexity index is 408. The molecule has 0 radical (unpaired) electrons. The molecule has 1 aliphatic rings. The van der Waals surface area contributed by atoms with Crippen LogP contribution in [0.3, 0.4) is 0 Å². The number of hydrogen-bond acceptors (Lipinski definition) is 4. The van der Waals surface area contributed by atoms with Gasteiger partial charge in [-0.05, 0) is 26.2 Å². The van der Waals surface area contributed by atoms with Gasteiger partial charge in [0.2, 0.25) is 0 Å². The monoisotopic (exact) mass is 263 g/mol. The maximum atomic E-state index is 12.2. The van der Waals surface area contributed by atoms with Crippen LogP contribution in [-0.2, 0) is 14.3 Å². The van der Waals surface area contributed by atoms with Gasteiger partial charge in [0, 0.05) is 12.8 Å². The largest absolute Gasteiger partial charge is 0.466 e. The molecule has 2 atom stereocenters. The predicted octanol–water partition coefficient (Wildman–Crippen LogP) is 2.78. The van der Waals surface area contributed by atoms with Crippen LogP contribution in [0.5, 0.6) is 0 Å². The molecule has 0 saturated heterocycles. The van der Waals surface area contributed by atoms with E-state index in [2.05, 4.69) is 6.07 Å². The first-order chi connectivity index (χ1) is 9.12. The van der Waals surface area contributed by atoms with Crippen LogP contribution in [0.2, 0.25) is 0 Å². The summed E-state index contributed by atoms with van der Waals surface area (Å²) in [7, 11) is 0. The summed E-state index contributed by atoms with van der Waals surface area (Å²) >= 11 is 0. The maximum absolute atomic E-state index is 12.2. The highest BCUT2D eigenvalue weighted by Crippen LogP contribution is 2.46. The average Bonchev–Trinajstić information content (AvgIpc) is 2.69. The van der Waals surface area contributed by atoms with Gasteiger partial charge in [-0.2, -0.15) is 5.26 Å². The predicted molar refractivity (Wildman–Crippen MR) is 71.1 cm³/mol. The Kier molecular flexibility index (Phi) is 5.75. The van der Waals surface area contributed by atoms with Crippen LogP contribution in [0.25, 0.3) is 0 Å². The van der Waals surface area contributed by atoms with E-state index in [1.54, 1.807) is 6.92 Å². The molecule has 0 amide bonds. The number of allylic oxidation sites excluding steroid dienone is 2. The Balaban J connectivity index is 3.00. The fraction of sp³-hybridized carbons (Fsp3) is 0.667. The van der Waals surface area contributed by atoms with E-state index in [0.29, 0.717) is 25.9 Å². The van der Waals surface area contributed by atoms with E-state index in [1.807, 2.05) is 19.1 Å². The van der Waals surface area contributed by atoms with Crippen molar-refractivity contribution in [2.75, 3.05) is 6.61 Å². The molecule has 4 heteroatoms. The highest BCUT2D eigenvalue weighted by atomic mass is 16.5. The molecular weight excluding hydrogens is 242 g/mol. The van der Waals surface area contributed by atoms with Gasteiger partial charge in [0.1, 0.15) is 5.78 Å². The number of nitrogens with zero attached hydrogens (tertiary/aromatic N) is 1. The molecule has 0 aromatic rings. The van der Waals surface area contributed by atoms with Crippen molar-refractivity contribution in [3.63, 3.8) is 0 Å². The van der Waals surface area contributed by atoms with E-state index in [-0.39, 0.29) is 18.2 Å². The Morgan fingerprint density at radius 3 is 2.84 bits per heavy atom. The van der Waals surface area contributed by atoms with Gasteiger partial charge in [-0.15, -0.1) is 0 Å². The zero-order valence-electron chi connectivity index (χ0n) is 11.6. The molecule has 0 aliphatic heterocycles. The number of nitriles is 1. The number of hydrogen-bond donors (Lipinski definition) is 0. The fourth-order valence-corrected chi connectivity index (χ4v) is 2.73. The molecule has 104 valence electrons. The van der Waals surface area contributed by atoms with Crippen molar-refractivity contribution in [3.8, 4) is 6.07 Å². The smallest absolute Gasteiger partial charge is 0.310 e. The molecule has 19 heavy (non-hydrogen) atoms. The van der Waals surface area contributed by atoms with Gasteiger partial charge in [-0.3, -0.25) is 9.59 Å². The molecule has 0 aromatic carbocycles. The number of ketones is 1. The van der Waals surface area contributed by atoms with E-state index < -0.39 is 11.3 Å². The summed E-state index contributed by atoms with van der Waals surface area (Å²) in [5.74, 6) is -0.789. The van der Waals surface area contributed by atoms with Gasteiger partial charge in [-0.1, -0.05) is 19.1 Å². The molecular formula is C15H21NO3. The zero-order valence-corrected chi connectivity index (χ0v) is 11.6. The normalized spacial score (nSPS) is 26.6. The van der Waals surface area contributed by atoms with Crippen molar-refractivity contribution < 1.29 is 14.3 Å². The minimum absolute atomic E-state index is 0.0212. The van der Waals surface area contributed by atoms with Crippen LogP contribution in [-0.4, -0.2) is 18.4 Å². The molecule has 0 spiro atoms.